The van der Waals surface area contributed by atoms with E-state index < -0.39 is 5.82 Å². The molecule has 6 heteroatoms. The third kappa shape index (κ3) is 1.69. The zero-order valence-corrected chi connectivity index (χ0v) is 9.08. The monoisotopic (exact) mass is 242 g/mol. The lowest BCUT2D eigenvalue weighted by atomic mass is 10.1. The molecule has 4 nitrogen and oxygen atoms in total. The largest absolute Gasteiger partial charge is 0.494 e. The molecule has 0 atom stereocenters. The first-order chi connectivity index (χ1) is 7.63. The van der Waals surface area contributed by atoms with Gasteiger partial charge in [-0.15, -0.1) is 0 Å². The van der Waals surface area contributed by atoms with Crippen LogP contribution in [0.2, 0.25) is 5.02 Å². The number of ether oxygens (including phenoxy) is 1. The second kappa shape index (κ2) is 4.02. The molecule has 1 heterocycles. The van der Waals surface area contributed by atoms with Gasteiger partial charge in [-0.3, -0.25) is 0 Å². The molecule has 1 aromatic carbocycles. The summed E-state index contributed by atoms with van der Waals surface area (Å²) >= 11 is 5.86. The number of anilines is 1. The summed E-state index contributed by atoms with van der Waals surface area (Å²) in [5.41, 5.74) is 5.98. The van der Waals surface area contributed by atoms with Gasteiger partial charge in [0.25, 0.3) is 0 Å². The topological polar surface area (TPSA) is 61.3 Å². The molecule has 0 aliphatic heterocycles. The molecule has 2 N–H and O–H groups in total. The molecule has 0 bridgehead atoms. The lowest BCUT2D eigenvalue weighted by Gasteiger charge is -2.03. The van der Waals surface area contributed by atoms with Crippen molar-refractivity contribution in [3.05, 3.63) is 29.0 Å². The third-order valence-corrected chi connectivity index (χ3v) is 2.44. The Kier molecular flexibility index (Phi) is 2.70. The highest BCUT2D eigenvalue weighted by molar-refractivity contribution is 6.35. The minimum atomic E-state index is -0.463. The van der Waals surface area contributed by atoms with E-state index in [1.54, 1.807) is 0 Å². The van der Waals surface area contributed by atoms with Crippen molar-refractivity contribution in [2.45, 2.75) is 0 Å². The fraction of sp³-hybridized carbons (Fsp3) is 0.100. The van der Waals surface area contributed by atoms with Crippen molar-refractivity contribution in [2.24, 2.45) is 0 Å². The summed E-state index contributed by atoms with van der Waals surface area (Å²) in [5, 5.41) is 3.71. The van der Waals surface area contributed by atoms with Crippen LogP contribution in [0.5, 0.6) is 5.75 Å². The van der Waals surface area contributed by atoms with E-state index in [0.717, 1.165) is 0 Å². The molecular weight excluding hydrogens is 235 g/mol. The molecule has 0 spiro atoms. The molecule has 0 saturated heterocycles. The Morgan fingerprint density at radius 1 is 1.50 bits per heavy atom. The fourth-order valence-electron chi connectivity index (χ4n) is 1.27. The van der Waals surface area contributed by atoms with Crippen LogP contribution in [0.4, 0.5) is 10.2 Å². The van der Waals surface area contributed by atoms with E-state index in [2.05, 4.69) is 5.16 Å². The summed E-state index contributed by atoms with van der Waals surface area (Å²) in [4.78, 5) is 0. The number of halogens is 2. The van der Waals surface area contributed by atoms with Gasteiger partial charge in [0.05, 0.1) is 7.11 Å². The minimum Gasteiger partial charge on any atom is -0.494 e. The lowest BCUT2D eigenvalue weighted by Crippen LogP contribution is -1.88. The first-order valence-corrected chi connectivity index (χ1v) is 4.76. The number of nitrogen functional groups attached to an aromatic ring is 1. The minimum absolute atomic E-state index is 0.0972. The maximum Gasteiger partial charge on any atom is 0.187 e. The first-order valence-electron chi connectivity index (χ1n) is 4.38. The number of benzene rings is 1. The number of nitrogens with zero attached hydrogens (tertiary/aromatic N) is 1. The second-order valence-electron chi connectivity index (χ2n) is 3.06. The van der Waals surface area contributed by atoms with Crippen LogP contribution in [0, 0.1) is 5.82 Å². The Hall–Kier alpha value is -1.75. The van der Waals surface area contributed by atoms with Crippen LogP contribution in [0.3, 0.4) is 0 Å². The summed E-state index contributed by atoms with van der Waals surface area (Å²) in [6.45, 7) is 0. The van der Waals surface area contributed by atoms with Gasteiger partial charge in [-0.05, 0) is 18.2 Å². The summed E-state index contributed by atoms with van der Waals surface area (Å²) in [7, 11) is 1.37. The van der Waals surface area contributed by atoms with Crippen LogP contribution in [0.15, 0.2) is 22.7 Å². The standard InChI is InChI=1S/C10H8ClFN2O2/c1-15-7-4-5(2-3-6(7)12)9-8(11)10(13)14-16-9/h2-4H,1H3,(H2,13,14). The van der Waals surface area contributed by atoms with Gasteiger partial charge in [0.1, 0.15) is 5.02 Å². The third-order valence-electron chi connectivity index (χ3n) is 2.07. The quantitative estimate of drug-likeness (QED) is 0.880. The number of aromatic nitrogens is 1. The van der Waals surface area contributed by atoms with Gasteiger partial charge < -0.3 is 15.0 Å². The molecule has 0 amide bonds. The molecule has 2 rings (SSSR count). The van der Waals surface area contributed by atoms with Crippen molar-refractivity contribution in [3.63, 3.8) is 0 Å². The van der Waals surface area contributed by atoms with Crippen molar-refractivity contribution < 1.29 is 13.7 Å². The van der Waals surface area contributed by atoms with Gasteiger partial charge in [0, 0.05) is 5.56 Å². The van der Waals surface area contributed by atoms with E-state index in [1.165, 1.54) is 25.3 Å². The molecule has 0 aliphatic carbocycles. The Balaban J connectivity index is 2.52. The molecule has 0 aliphatic rings. The SMILES string of the molecule is COc1cc(-c2onc(N)c2Cl)ccc1F. The number of hydrogen-bond acceptors (Lipinski definition) is 4. The van der Waals surface area contributed by atoms with Crippen molar-refractivity contribution in [3.8, 4) is 17.1 Å². The summed E-state index contributed by atoms with van der Waals surface area (Å²) < 4.78 is 22.9. The predicted molar refractivity (Wildman–Crippen MR) is 57.9 cm³/mol. The molecule has 0 saturated carbocycles. The number of rotatable bonds is 2. The van der Waals surface area contributed by atoms with Crippen LogP contribution in [-0.2, 0) is 0 Å². The first kappa shape index (κ1) is 10.8. The second-order valence-corrected chi connectivity index (χ2v) is 3.44. The Morgan fingerprint density at radius 2 is 2.25 bits per heavy atom. The van der Waals surface area contributed by atoms with Crippen LogP contribution in [-0.4, -0.2) is 12.3 Å². The molecule has 0 radical (unpaired) electrons. The highest BCUT2D eigenvalue weighted by atomic mass is 35.5. The molecule has 16 heavy (non-hydrogen) atoms. The predicted octanol–water partition coefficient (Wildman–Crippen LogP) is 2.72. The Bertz CT molecular complexity index is 528. The molecule has 0 fully saturated rings. The highest BCUT2D eigenvalue weighted by Gasteiger charge is 2.15. The molecular formula is C10H8ClFN2O2. The molecule has 0 unspecified atom stereocenters. The number of nitrogens with two attached hydrogens (primary N) is 1. The van der Waals surface area contributed by atoms with Gasteiger partial charge in [0.2, 0.25) is 0 Å². The van der Waals surface area contributed by atoms with Crippen molar-refractivity contribution in [1.82, 2.24) is 5.16 Å². The van der Waals surface area contributed by atoms with Gasteiger partial charge in [-0.2, -0.15) is 0 Å². The summed E-state index contributed by atoms with van der Waals surface area (Å²) in [6, 6.07) is 4.22. The fourth-order valence-corrected chi connectivity index (χ4v) is 1.45. The van der Waals surface area contributed by atoms with E-state index >= 15 is 0 Å². The van der Waals surface area contributed by atoms with E-state index in [4.69, 9.17) is 26.6 Å². The normalized spacial score (nSPS) is 10.4. The van der Waals surface area contributed by atoms with Crippen molar-refractivity contribution in [1.29, 1.82) is 0 Å². The van der Waals surface area contributed by atoms with E-state index in [-0.39, 0.29) is 22.4 Å². The average Bonchev–Trinajstić information content (AvgIpc) is 2.61. The molecule has 1 aromatic heterocycles. The average molecular weight is 243 g/mol. The van der Waals surface area contributed by atoms with E-state index in [1.807, 2.05) is 0 Å². The van der Waals surface area contributed by atoms with Gasteiger partial charge in [0.15, 0.2) is 23.1 Å². The van der Waals surface area contributed by atoms with Crippen molar-refractivity contribution in [2.75, 3.05) is 12.8 Å². The maximum atomic E-state index is 13.2. The zero-order valence-electron chi connectivity index (χ0n) is 8.33. The van der Waals surface area contributed by atoms with Gasteiger partial charge in [-0.25, -0.2) is 4.39 Å². The Labute approximate surface area is 95.7 Å². The van der Waals surface area contributed by atoms with Crippen LogP contribution >= 0.6 is 11.6 Å². The zero-order chi connectivity index (χ0) is 11.7. The van der Waals surface area contributed by atoms with Crippen molar-refractivity contribution >= 4 is 17.4 Å². The highest BCUT2D eigenvalue weighted by Crippen LogP contribution is 2.34. The van der Waals surface area contributed by atoms with Gasteiger partial charge in [-0.1, -0.05) is 16.8 Å². The summed E-state index contributed by atoms with van der Waals surface area (Å²) in [6.07, 6.45) is 0. The van der Waals surface area contributed by atoms with E-state index in [0.29, 0.717) is 5.56 Å². The van der Waals surface area contributed by atoms with Crippen LogP contribution < -0.4 is 10.5 Å². The molecule has 2 aromatic rings. The maximum absolute atomic E-state index is 13.2. The number of methoxy groups -OCH3 is 1. The van der Waals surface area contributed by atoms with E-state index in [9.17, 15) is 4.39 Å². The molecule has 84 valence electrons. The number of hydrogen-bond donors (Lipinski definition) is 1. The van der Waals surface area contributed by atoms with Gasteiger partial charge >= 0.3 is 0 Å². The Morgan fingerprint density at radius 3 is 2.81 bits per heavy atom. The lowest BCUT2D eigenvalue weighted by molar-refractivity contribution is 0.386. The van der Waals surface area contributed by atoms with Crippen LogP contribution in [0.25, 0.3) is 11.3 Å². The van der Waals surface area contributed by atoms with Crippen LogP contribution in [0.1, 0.15) is 0 Å². The summed E-state index contributed by atoms with van der Waals surface area (Å²) in [5.74, 6) is 0.0239. The smallest absolute Gasteiger partial charge is 0.187 e.